The van der Waals surface area contributed by atoms with Gasteiger partial charge < -0.3 is 14.6 Å². The van der Waals surface area contributed by atoms with Crippen molar-refractivity contribution in [2.75, 3.05) is 26.8 Å². The van der Waals surface area contributed by atoms with Crippen LogP contribution in [-0.2, 0) is 11.2 Å². The summed E-state index contributed by atoms with van der Waals surface area (Å²) in [6.45, 7) is 6.96. The highest BCUT2D eigenvalue weighted by Crippen LogP contribution is 2.29. The van der Waals surface area contributed by atoms with E-state index in [4.69, 9.17) is 14.4 Å². The van der Waals surface area contributed by atoms with Gasteiger partial charge in [-0.3, -0.25) is 4.68 Å². The zero-order valence-electron chi connectivity index (χ0n) is 16.2. The molecule has 0 aliphatic carbocycles. The van der Waals surface area contributed by atoms with Gasteiger partial charge in [0.25, 0.3) is 0 Å². The average molecular weight is 369 g/mol. The van der Waals surface area contributed by atoms with Gasteiger partial charge in [0, 0.05) is 36.4 Å². The molecule has 0 bridgehead atoms. The minimum atomic E-state index is 0.273. The molecule has 144 valence electrons. The Morgan fingerprint density at radius 2 is 2.11 bits per heavy atom. The Kier molecular flexibility index (Phi) is 5.22. The summed E-state index contributed by atoms with van der Waals surface area (Å²) < 4.78 is 12.9. The topological polar surface area (TPSA) is 78.0 Å². The number of fused-ring (bicyclic) bond motifs is 1. The molecule has 7 nitrogen and oxygen atoms in total. The Hall–Kier alpha value is -2.25. The standard InChI is InChI=1S/C20H27N5O2/c1-13(2)25-18-12-15(4-5-16(18)17(23-25)8-11-26-3)19-22-20(27-24-19)14-6-9-21-10-7-14/h4-5,12-14,21H,6-11H2,1-3H3. The molecule has 0 spiro atoms. The van der Waals surface area contributed by atoms with Crippen molar-refractivity contribution in [3.05, 3.63) is 29.8 Å². The molecule has 3 heterocycles. The van der Waals surface area contributed by atoms with E-state index < -0.39 is 0 Å². The number of benzene rings is 1. The number of nitrogens with one attached hydrogen (secondary N) is 1. The lowest BCUT2D eigenvalue weighted by atomic mass is 9.98. The number of rotatable bonds is 6. The first-order chi connectivity index (χ1) is 13.2. The van der Waals surface area contributed by atoms with Crippen LogP contribution < -0.4 is 5.32 Å². The highest BCUT2D eigenvalue weighted by atomic mass is 16.5. The molecule has 1 aliphatic heterocycles. The Bertz CT molecular complexity index is 908. The second-order valence-corrected chi connectivity index (χ2v) is 7.44. The van der Waals surface area contributed by atoms with E-state index >= 15 is 0 Å². The number of hydrogen-bond donors (Lipinski definition) is 1. The Morgan fingerprint density at radius 1 is 1.30 bits per heavy atom. The second kappa shape index (κ2) is 7.78. The van der Waals surface area contributed by atoms with E-state index in [1.165, 1.54) is 0 Å². The maximum Gasteiger partial charge on any atom is 0.230 e. The van der Waals surface area contributed by atoms with Crippen molar-refractivity contribution in [3.63, 3.8) is 0 Å². The zero-order chi connectivity index (χ0) is 18.8. The van der Waals surface area contributed by atoms with Crippen LogP contribution in [-0.4, -0.2) is 46.7 Å². The largest absolute Gasteiger partial charge is 0.384 e. The lowest BCUT2D eigenvalue weighted by molar-refractivity contribution is 0.201. The SMILES string of the molecule is COCCc1nn(C(C)C)c2cc(-c3noc(C4CCNCC4)n3)ccc12. The van der Waals surface area contributed by atoms with Crippen LogP contribution in [0.25, 0.3) is 22.3 Å². The molecule has 1 saturated heterocycles. The van der Waals surface area contributed by atoms with E-state index in [-0.39, 0.29) is 6.04 Å². The van der Waals surface area contributed by atoms with Gasteiger partial charge in [-0.1, -0.05) is 17.3 Å². The Balaban J connectivity index is 1.68. The fourth-order valence-electron chi connectivity index (χ4n) is 3.71. The van der Waals surface area contributed by atoms with Crippen molar-refractivity contribution in [1.29, 1.82) is 0 Å². The van der Waals surface area contributed by atoms with Crippen LogP contribution in [0.15, 0.2) is 22.7 Å². The van der Waals surface area contributed by atoms with Crippen LogP contribution >= 0.6 is 0 Å². The number of nitrogens with zero attached hydrogens (tertiary/aromatic N) is 4. The van der Waals surface area contributed by atoms with Gasteiger partial charge in [-0.05, 0) is 45.8 Å². The van der Waals surface area contributed by atoms with Gasteiger partial charge in [0.1, 0.15) is 0 Å². The molecule has 2 aromatic heterocycles. The van der Waals surface area contributed by atoms with Gasteiger partial charge in [0.2, 0.25) is 11.7 Å². The molecule has 0 atom stereocenters. The van der Waals surface area contributed by atoms with Gasteiger partial charge >= 0.3 is 0 Å². The summed E-state index contributed by atoms with van der Waals surface area (Å²) in [5.41, 5.74) is 3.13. The Morgan fingerprint density at radius 3 is 2.85 bits per heavy atom. The minimum absolute atomic E-state index is 0.273. The summed E-state index contributed by atoms with van der Waals surface area (Å²) in [5.74, 6) is 1.77. The third kappa shape index (κ3) is 3.61. The average Bonchev–Trinajstić information content (AvgIpc) is 3.32. The van der Waals surface area contributed by atoms with Crippen molar-refractivity contribution < 1.29 is 9.26 Å². The summed E-state index contributed by atoms with van der Waals surface area (Å²) in [6.07, 6.45) is 2.89. The predicted molar refractivity (Wildman–Crippen MR) is 104 cm³/mol. The summed E-state index contributed by atoms with van der Waals surface area (Å²) >= 11 is 0. The lowest BCUT2D eigenvalue weighted by Gasteiger charge is -2.18. The fraction of sp³-hybridized carbons (Fsp3) is 0.550. The quantitative estimate of drug-likeness (QED) is 0.718. The van der Waals surface area contributed by atoms with Gasteiger partial charge in [-0.2, -0.15) is 10.1 Å². The van der Waals surface area contributed by atoms with E-state index in [0.29, 0.717) is 18.3 Å². The van der Waals surface area contributed by atoms with Crippen molar-refractivity contribution in [2.45, 2.75) is 45.1 Å². The molecule has 1 aromatic carbocycles. The first-order valence-corrected chi connectivity index (χ1v) is 9.72. The number of hydrogen-bond acceptors (Lipinski definition) is 6. The van der Waals surface area contributed by atoms with Crippen LogP contribution in [0.3, 0.4) is 0 Å². The van der Waals surface area contributed by atoms with Crippen molar-refractivity contribution in [3.8, 4) is 11.4 Å². The van der Waals surface area contributed by atoms with Crippen molar-refractivity contribution >= 4 is 10.9 Å². The highest BCUT2D eigenvalue weighted by Gasteiger charge is 2.22. The first kappa shape index (κ1) is 18.1. The van der Waals surface area contributed by atoms with Crippen molar-refractivity contribution in [2.24, 2.45) is 0 Å². The molecule has 0 amide bonds. The monoisotopic (exact) mass is 369 g/mol. The second-order valence-electron chi connectivity index (χ2n) is 7.44. The van der Waals surface area contributed by atoms with Gasteiger partial charge in [0.15, 0.2) is 0 Å². The van der Waals surface area contributed by atoms with E-state index in [2.05, 4.69) is 52.2 Å². The molecule has 0 unspecified atom stereocenters. The lowest BCUT2D eigenvalue weighted by Crippen LogP contribution is -2.26. The van der Waals surface area contributed by atoms with Crippen LogP contribution in [0.4, 0.5) is 0 Å². The van der Waals surface area contributed by atoms with Gasteiger partial charge in [0.05, 0.1) is 17.8 Å². The number of ether oxygens (including phenoxy) is 1. The van der Waals surface area contributed by atoms with Gasteiger partial charge in [-0.25, -0.2) is 0 Å². The third-order valence-corrected chi connectivity index (χ3v) is 5.20. The predicted octanol–water partition coefficient (Wildman–Crippen LogP) is 3.32. The van der Waals surface area contributed by atoms with Crippen LogP contribution in [0.2, 0.25) is 0 Å². The third-order valence-electron chi connectivity index (χ3n) is 5.20. The van der Waals surface area contributed by atoms with Crippen LogP contribution in [0, 0.1) is 0 Å². The molecular formula is C20H27N5O2. The normalized spacial score (nSPS) is 15.9. The maximum absolute atomic E-state index is 5.58. The summed E-state index contributed by atoms with van der Waals surface area (Å²) in [7, 11) is 1.72. The molecule has 7 heteroatoms. The first-order valence-electron chi connectivity index (χ1n) is 9.72. The molecule has 3 aromatic rings. The molecular weight excluding hydrogens is 342 g/mol. The number of methoxy groups -OCH3 is 1. The fourth-order valence-corrected chi connectivity index (χ4v) is 3.71. The Labute approximate surface area is 159 Å². The summed E-state index contributed by atoms with van der Waals surface area (Å²) in [6, 6.07) is 6.56. The highest BCUT2D eigenvalue weighted by molar-refractivity contribution is 5.86. The van der Waals surface area contributed by atoms with Crippen molar-refractivity contribution in [1.82, 2.24) is 25.2 Å². The number of aromatic nitrogens is 4. The van der Waals surface area contributed by atoms with E-state index in [9.17, 15) is 0 Å². The van der Waals surface area contributed by atoms with E-state index in [1.54, 1.807) is 7.11 Å². The molecule has 27 heavy (non-hydrogen) atoms. The van der Waals surface area contributed by atoms with Gasteiger partial charge in [-0.15, -0.1) is 0 Å². The molecule has 0 radical (unpaired) electrons. The van der Waals surface area contributed by atoms with Crippen LogP contribution in [0.1, 0.15) is 50.2 Å². The smallest absolute Gasteiger partial charge is 0.230 e. The molecule has 0 saturated carbocycles. The summed E-state index contributed by atoms with van der Waals surface area (Å²) in [4.78, 5) is 4.69. The molecule has 1 aliphatic rings. The van der Waals surface area contributed by atoms with E-state index in [0.717, 1.165) is 60.4 Å². The van der Waals surface area contributed by atoms with E-state index in [1.807, 2.05) is 0 Å². The summed E-state index contributed by atoms with van der Waals surface area (Å²) in [5, 5.41) is 13.6. The van der Waals surface area contributed by atoms with Crippen LogP contribution in [0.5, 0.6) is 0 Å². The minimum Gasteiger partial charge on any atom is -0.384 e. The molecule has 1 N–H and O–H groups in total. The molecule has 1 fully saturated rings. The molecule has 4 rings (SSSR count). The maximum atomic E-state index is 5.58. The number of piperidine rings is 1. The zero-order valence-corrected chi connectivity index (χ0v) is 16.2.